The minimum atomic E-state index is -3.66. The molecule has 130 valence electrons. The number of hydrogen-bond acceptors (Lipinski definition) is 6. The number of hydrogen-bond donors (Lipinski definition) is 2. The van der Waals surface area contributed by atoms with Crippen LogP contribution in [-0.2, 0) is 36.1 Å². The van der Waals surface area contributed by atoms with E-state index >= 15 is 0 Å². The standard InChI is InChI=1S/C17H18N4O3S/c1-2-16-15-6-14(10-19-17(15)24-21-16)25(22,23)20-7-11-3-4-12-8-18-9-13(12)5-11/h3-6,10,18,20H,2,7-9H2,1H3. The summed E-state index contributed by atoms with van der Waals surface area (Å²) in [5.41, 5.74) is 4.46. The van der Waals surface area contributed by atoms with E-state index in [9.17, 15) is 8.42 Å². The molecule has 7 nitrogen and oxygen atoms in total. The molecule has 8 heteroatoms. The lowest BCUT2D eigenvalue weighted by Crippen LogP contribution is -2.23. The topological polar surface area (TPSA) is 97.1 Å². The Morgan fingerprint density at radius 2 is 2.08 bits per heavy atom. The van der Waals surface area contributed by atoms with Crippen molar-refractivity contribution < 1.29 is 12.9 Å². The monoisotopic (exact) mass is 358 g/mol. The van der Waals surface area contributed by atoms with Crippen LogP contribution in [0.4, 0.5) is 0 Å². The maximum atomic E-state index is 12.6. The minimum absolute atomic E-state index is 0.112. The van der Waals surface area contributed by atoms with Crippen LogP contribution in [0.5, 0.6) is 0 Å². The van der Waals surface area contributed by atoms with Gasteiger partial charge in [0.15, 0.2) is 0 Å². The first-order chi connectivity index (χ1) is 12.1. The second-order valence-corrected chi connectivity index (χ2v) is 7.80. The molecular formula is C17H18N4O3S. The number of benzene rings is 1. The third-order valence-electron chi connectivity index (χ3n) is 4.39. The SMILES string of the molecule is CCc1noc2ncc(S(=O)(=O)NCc3ccc4c(c3)CNC4)cc12. The summed E-state index contributed by atoms with van der Waals surface area (Å²) in [5, 5.41) is 7.82. The molecule has 0 atom stereocenters. The van der Waals surface area contributed by atoms with Crippen molar-refractivity contribution in [3.8, 4) is 0 Å². The van der Waals surface area contributed by atoms with Crippen LogP contribution >= 0.6 is 0 Å². The minimum Gasteiger partial charge on any atom is -0.336 e. The summed E-state index contributed by atoms with van der Waals surface area (Å²) in [5.74, 6) is 0. The molecule has 3 heterocycles. The van der Waals surface area contributed by atoms with Crippen molar-refractivity contribution in [2.24, 2.45) is 0 Å². The fraction of sp³-hybridized carbons (Fsp3) is 0.294. The molecule has 3 aromatic rings. The van der Waals surface area contributed by atoms with Gasteiger partial charge >= 0.3 is 0 Å². The highest BCUT2D eigenvalue weighted by atomic mass is 32.2. The van der Waals surface area contributed by atoms with Crippen molar-refractivity contribution in [2.75, 3.05) is 0 Å². The molecule has 0 fully saturated rings. The van der Waals surface area contributed by atoms with E-state index in [1.54, 1.807) is 6.07 Å². The van der Waals surface area contributed by atoms with Gasteiger partial charge in [-0.25, -0.2) is 18.1 Å². The van der Waals surface area contributed by atoms with Gasteiger partial charge in [-0.05, 0) is 29.2 Å². The summed E-state index contributed by atoms with van der Waals surface area (Å²) >= 11 is 0. The van der Waals surface area contributed by atoms with Gasteiger partial charge in [-0.2, -0.15) is 0 Å². The van der Waals surface area contributed by atoms with Crippen LogP contribution in [0.15, 0.2) is 39.9 Å². The Bertz CT molecular complexity index is 1040. The van der Waals surface area contributed by atoms with Gasteiger partial charge in [-0.15, -0.1) is 0 Å². The second kappa shape index (κ2) is 6.21. The third-order valence-corrected chi connectivity index (χ3v) is 5.76. The second-order valence-electron chi connectivity index (χ2n) is 6.04. The van der Waals surface area contributed by atoms with Gasteiger partial charge in [0.1, 0.15) is 4.90 Å². The zero-order valence-corrected chi connectivity index (χ0v) is 14.6. The van der Waals surface area contributed by atoms with Crippen molar-refractivity contribution >= 4 is 21.1 Å². The van der Waals surface area contributed by atoms with Crippen molar-refractivity contribution in [1.82, 2.24) is 20.2 Å². The smallest absolute Gasteiger partial charge is 0.258 e. The predicted molar refractivity (Wildman–Crippen MR) is 92.2 cm³/mol. The van der Waals surface area contributed by atoms with Crippen LogP contribution in [0.3, 0.4) is 0 Å². The third kappa shape index (κ3) is 3.04. The van der Waals surface area contributed by atoms with E-state index in [1.807, 2.05) is 25.1 Å². The van der Waals surface area contributed by atoms with Gasteiger partial charge in [-0.1, -0.05) is 30.3 Å². The molecule has 0 unspecified atom stereocenters. The van der Waals surface area contributed by atoms with Gasteiger partial charge in [0.25, 0.3) is 5.71 Å². The normalized spacial score (nSPS) is 14.1. The van der Waals surface area contributed by atoms with Crippen LogP contribution in [0.2, 0.25) is 0 Å². The molecule has 0 radical (unpaired) electrons. The molecule has 1 aromatic carbocycles. The zero-order valence-electron chi connectivity index (χ0n) is 13.7. The first-order valence-electron chi connectivity index (χ1n) is 8.12. The molecule has 1 aliphatic rings. The summed E-state index contributed by atoms with van der Waals surface area (Å²) in [7, 11) is -3.66. The Morgan fingerprint density at radius 1 is 1.24 bits per heavy atom. The van der Waals surface area contributed by atoms with E-state index in [-0.39, 0.29) is 11.4 Å². The fourth-order valence-electron chi connectivity index (χ4n) is 2.98. The van der Waals surface area contributed by atoms with Gasteiger partial charge < -0.3 is 9.84 Å². The van der Waals surface area contributed by atoms with E-state index in [2.05, 4.69) is 20.2 Å². The first kappa shape index (κ1) is 16.2. The number of rotatable bonds is 5. The average molecular weight is 358 g/mol. The van der Waals surface area contributed by atoms with Crippen molar-refractivity contribution in [3.63, 3.8) is 0 Å². The van der Waals surface area contributed by atoms with Crippen molar-refractivity contribution in [3.05, 3.63) is 52.8 Å². The maximum Gasteiger partial charge on any atom is 0.258 e. The Balaban J connectivity index is 1.57. The quantitative estimate of drug-likeness (QED) is 0.723. The average Bonchev–Trinajstić information content (AvgIpc) is 3.25. The van der Waals surface area contributed by atoms with Crippen LogP contribution in [0.25, 0.3) is 11.1 Å². The van der Waals surface area contributed by atoms with Crippen LogP contribution in [0.1, 0.15) is 29.3 Å². The van der Waals surface area contributed by atoms with Crippen molar-refractivity contribution in [2.45, 2.75) is 37.9 Å². The van der Waals surface area contributed by atoms with E-state index in [0.29, 0.717) is 23.2 Å². The highest BCUT2D eigenvalue weighted by Crippen LogP contribution is 2.21. The molecular weight excluding hydrogens is 340 g/mol. The van der Waals surface area contributed by atoms with E-state index in [4.69, 9.17) is 4.52 Å². The predicted octanol–water partition coefficient (Wildman–Crippen LogP) is 1.87. The Labute approximate surface area is 145 Å². The molecule has 4 rings (SSSR count). The van der Waals surface area contributed by atoms with Crippen LogP contribution in [-0.4, -0.2) is 18.6 Å². The molecule has 1 aliphatic heterocycles. The number of pyridine rings is 1. The number of aryl methyl sites for hydroxylation is 1. The zero-order chi connectivity index (χ0) is 17.4. The molecule has 0 spiro atoms. The Morgan fingerprint density at radius 3 is 2.92 bits per heavy atom. The van der Waals surface area contributed by atoms with Crippen LogP contribution < -0.4 is 10.0 Å². The highest BCUT2D eigenvalue weighted by molar-refractivity contribution is 7.89. The molecule has 2 N–H and O–H groups in total. The summed E-state index contributed by atoms with van der Waals surface area (Å²) in [6.07, 6.45) is 1.94. The summed E-state index contributed by atoms with van der Waals surface area (Å²) in [4.78, 5) is 4.17. The molecule has 0 aliphatic carbocycles. The number of nitrogens with one attached hydrogen (secondary N) is 2. The van der Waals surface area contributed by atoms with Gasteiger partial charge in [-0.3, -0.25) is 0 Å². The number of aromatic nitrogens is 2. The molecule has 25 heavy (non-hydrogen) atoms. The number of nitrogens with zero attached hydrogens (tertiary/aromatic N) is 2. The van der Waals surface area contributed by atoms with Gasteiger partial charge in [0, 0.05) is 19.6 Å². The van der Waals surface area contributed by atoms with E-state index < -0.39 is 10.0 Å². The Hall–Kier alpha value is -2.29. The lowest BCUT2D eigenvalue weighted by atomic mass is 10.1. The lowest BCUT2D eigenvalue weighted by molar-refractivity contribution is 0.439. The van der Waals surface area contributed by atoms with Crippen molar-refractivity contribution in [1.29, 1.82) is 0 Å². The van der Waals surface area contributed by atoms with E-state index in [0.717, 1.165) is 18.7 Å². The van der Waals surface area contributed by atoms with Gasteiger partial charge in [0.05, 0.1) is 17.3 Å². The largest absolute Gasteiger partial charge is 0.336 e. The summed E-state index contributed by atoms with van der Waals surface area (Å²) in [6, 6.07) is 7.59. The number of fused-ring (bicyclic) bond motifs is 2. The lowest BCUT2D eigenvalue weighted by Gasteiger charge is -2.08. The van der Waals surface area contributed by atoms with Crippen LogP contribution in [0, 0.1) is 0 Å². The maximum absolute atomic E-state index is 12.6. The molecule has 0 saturated heterocycles. The fourth-order valence-corrected chi connectivity index (χ4v) is 3.97. The number of sulfonamides is 1. The highest BCUT2D eigenvalue weighted by Gasteiger charge is 2.18. The first-order valence-corrected chi connectivity index (χ1v) is 9.60. The van der Waals surface area contributed by atoms with Gasteiger partial charge in [0.2, 0.25) is 10.0 Å². The van der Waals surface area contributed by atoms with E-state index in [1.165, 1.54) is 17.3 Å². The summed E-state index contributed by atoms with van der Waals surface area (Å²) < 4.78 is 32.9. The summed E-state index contributed by atoms with van der Waals surface area (Å²) in [6.45, 7) is 3.85. The Kier molecular flexibility index (Phi) is 4.03. The molecule has 2 aromatic heterocycles. The molecule has 0 saturated carbocycles. The molecule has 0 amide bonds. The molecule has 0 bridgehead atoms.